The minimum absolute atomic E-state index is 0.0487. The zero-order valence-electron chi connectivity index (χ0n) is 20.1. The van der Waals surface area contributed by atoms with Crippen LogP contribution in [0.1, 0.15) is 78.0 Å². The number of para-hydroxylation sites is 1. The lowest BCUT2D eigenvalue weighted by molar-refractivity contribution is 0.197. The molecule has 0 radical (unpaired) electrons. The average Bonchev–Trinajstić information content (AvgIpc) is 3.31. The van der Waals surface area contributed by atoms with Gasteiger partial charge < -0.3 is 14.8 Å². The molecule has 172 valence electrons. The molecular formula is C28H34N4S. The third-order valence-electron chi connectivity index (χ3n) is 7.56. The zero-order valence-corrected chi connectivity index (χ0v) is 21.0. The predicted molar refractivity (Wildman–Crippen MR) is 139 cm³/mol. The van der Waals surface area contributed by atoms with Gasteiger partial charge in [-0.05, 0) is 87.6 Å². The summed E-state index contributed by atoms with van der Waals surface area (Å²) in [5.41, 5.74) is 8.86. The fraction of sp³-hybridized carbons (Fsp3) is 0.429. The zero-order chi connectivity index (χ0) is 23.1. The van der Waals surface area contributed by atoms with Crippen LogP contribution < -0.4 is 5.32 Å². The molecular weight excluding hydrogens is 424 g/mol. The first-order chi connectivity index (χ1) is 16.0. The highest BCUT2D eigenvalue weighted by Gasteiger charge is 2.44. The molecule has 0 amide bonds. The smallest absolute Gasteiger partial charge is 0.170 e. The highest BCUT2D eigenvalue weighted by molar-refractivity contribution is 7.80. The van der Waals surface area contributed by atoms with Crippen LogP contribution >= 0.6 is 12.2 Å². The maximum atomic E-state index is 5.97. The second-order valence-corrected chi connectivity index (χ2v) is 10.1. The summed E-state index contributed by atoms with van der Waals surface area (Å²) in [4.78, 5) is 7.26. The molecule has 3 heterocycles. The average molecular weight is 459 g/mol. The van der Waals surface area contributed by atoms with Crippen molar-refractivity contribution in [1.29, 1.82) is 0 Å². The summed E-state index contributed by atoms with van der Waals surface area (Å²) in [5.74, 6) is 0. The van der Waals surface area contributed by atoms with Gasteiger partial charge in [-0.2, -0.15) is 0 Å². The van der Waals surface area contributed by atoms with Gasteiger partial charge in [-0.25, -0.2) is 0 Å². The summed E-state index contributed by atoms with van der Waals surface area (Å²) in [6.45, 7) is 8.91. The molecule has 1 aliphatic carbocycles. The number of nitrogens with zero attached hydrogens (tertiary/aromatic N) is 3. The van der Waals surface area contributed by atoms with E-state index in [0.717, 1.165) is 10.8 Å². The van der Waals surface area contributed by atoms with Crippen LogP contribution in [0.3, 0.4) is 0 Å². The Morgan fingerprint density at radius 2 is 1.67 bits per heavy atom. The standard InChI is InChI=1S/C28H34N4S/c1-18-11-10-12-19(2)26(18)31-20(3)17-23(21(31)4)27-25(24-15-8-9-16-29-24)30-28(33)32(27)22-13-6-5-7-14-22/h8-12,15-17,22,25,27H,5-7,13-14H2,1-4H3,(H,30,33)/t25-,27-/m0/s1. The van der Waals surface area contributed by atoms with Gasteiger partial charge in [0, 0.05) is 23.6 Å². The first-order valence-electron chi connectivity index (χ1n) is 12.2. The second kappa shape index (κ2) is 8.94. The van der Waals surface area contributed by atoms with Crippen LogP contribution in [0.4, 0.5) is 0 Å². The Morgan fingerprint density at radius 3 is 2.33 bits per heavy atom. The minimum atomic E-state index is 0.0487. The summed E-state index contributed by atoms with van der Waals surface area (Å²) in [5, 5.41) is 4.54. The normalized spacial score (nSPS) is 21.5. The molecule has 2 aliphatic rings. The quantitative estimate of drug-likeness (QED) is 0.458. The molecule has 2 fully saturated rings. The van der Waals surface area contributed by atoms with E-state index in [4.69, 9.17) is 17.2 Å². The lowest BCUT2D eigenvalue weighted by Gasteiger charge is -2.37. The monoisotopic (exact) mass is 458 g/mol. The lowest BCUT2D eigenvalue weighted by atomic mass is 9.90. The third-order valence-corrected chi connectivity index (χ3v) is 7.88. The Kier molecular flexibility index (Phi) is 6.00. The van der Waals surface area contributed by atoms with Crippen molar-refractivity contribution in [2.24, 2.45) is 0 Å². The molecule has 2 aromatic heterocycles. The van der Waals surface area contributed by atoms with Crippen LogP contribution in [0.2, 0.25) is 0 Å². The molecule has 2 atom stereocenters. The highest BCUT2D eigenvalue weighted by atomic mass is 32.1. The van der Waals surface area contributed by atoms with E-state index in [0.29, 0.717) is 6.04 Å². The fourth-order valence-corrected chi connectivity index (χ4v) is 6.43. The van der Waals surface area contributed by atoms with Gasteiger partial charge in [-0.1, -0.05) is 43.5 Å². The number of hydrogen-bond acceptors (Lipinski definition) is 2. The van der Waals surface area contributed by atoms with Crippen molar-refractivity contribution in [3.63, 3.8) is 0 Å². The second-order valence-electron chi connectivity index (χ2n) is 9.73. The molecule has 3 aromatic rings. The Balaban J connectivity index is 1.66. The van der Waals surface area contributed by atoms with E-state index < -0.39 is 0 Å². The first kappa shape index (κ1) is 22.1. The summed E-state index contributed by atoms with van der Waals surface area (Å²) < 4.78 is 2.44. The molecule has 0 spiro atoms. The molecule has 0 unspecified atom stereocenters. The van der Waals surface area contributed by atoms with E-state index in [1.54, 1.807) is 0 Å². The van der Waals surface area contributed by atoms with E-state index in [1.165, 1.54) is 65.9 Å². The number of thiocarbonyl (C=S) groups is 1. The molecule has 1 saturated heterocycles. The Bertz CT molecular complexity index is 1140. The molecule has 1 aromatic carbocycles. The Morgan fingerprint density at radius 1 is 0.939 bits per heavy atom. The van der Waals surface area contributed by atoms with E-state index in [9.17, 15) is 0 Å². The predicted octanol–water partition coefficient (Wildman–Crippen LogP) is 6.41. The molecule has 4 nitrogen and oxygen atoms in total. The summed E-state index contributed by atoms with van der Waals surface area (Å²) in [6, 6.07) is 15.8. The molecule has 1 saturated carbocycles. The number of aromatic nitrogens is 2. The molecule has 1 N–H and O–H groups in total. The number of pyridine rings is 1. The van der Waals surface area contributed by atoms with Crippen molar-refractivity contribution in [2.75, 3.05) is 0 Å². The van der Waals surface area contributed by atoms with Gasteiger partial charge in [0.25, 0.3) is 0 Å². The molecule has 5 heteroatoms. The number of benzene rings is 1. The maximum Gasteiger partial charge on any atom is 0.170 e. The van der Waals surface area contributed by atoms with Crippen LogP contribution in [0, 0.1) is 27.7 Å². The number of rotatable bonds is 4. The largest absolute Gasteiger partial charge is 0.352 e. The van der Waals surface area contributed by atoms with Gasteiger partial charge in [-0.3, -0.25) is 4.98 Å². The van der Waals surface area contributed by atoms with E-state index in [-0.39, 0.29) is 12.1 Å². The van der Waals surface area contributed by atoms with Crippen molar-refractivity contribution < 1.29 is 0 Å². The topological polar surface area (TPSA) is 33.1 Å². The molecule has 0 bridgehead atoms. The van der Waals surface area contributed by atoms with Gasteiger partial charge in [-0.15, -0.1) is 0 Å². The van der Waals surface area contributed by atoms with Crippen molar-refractivity contribution in [3.8, 4) is 5.69 Å². The maximum absolute atomic E-state index is 5.97. The van der Waals surface area contributed by atoms with E-state index >= 15 is 0 Å². The van der Waals surface area contributed by atoms with Crippen LogP contribution in [0.5, 0.6) is 0 Å². The summed E-state index contributed by atoms with van der Waals surface area (Å²) >= 11 is 5.97. The number of hydrogen-bond donors (Lipinski definition) is 1. The Labute approximate surface area is 203 Å². The van der Waals surface area contributed by atoms with Gasteiger partial charge >= 0.3 is 0 Å². The fourth-order valence-electron chi connectivity index (χ4n) is 6.04. The highest BCUT2D eigenvalue weighted by Crippen LogP contribution is 2.44. The van der Waals surface area contributed by atoms with E-state index in [2.05, 4.69) is 78.9 Å². The van der Waals surface area contributed by atoms with Crippen LogP contribution in [0.15, 0.2) is 48.7 Å². The molecule has 1 aliphatic heterocycles. The minimum Gasteiger partial charge on any atom is -0.352 e. The van der Waals surface area contributed by atoms with Gasteiger partial charge in [0.1, 0.15) is 0 Å². The van der Waals surface area contributed by atoms with Crippen LogP contribution in [-0.2, 0) is 0 Å². The number of aryl methyl sites for hydroxylation is 3. The number of nitrogens with one attached hydrogen (secondary N) is 1. The van der Waals surface area contributed by atoms with Gasteiger partial charge in [0.2, 0.25) is 0 Å². The van der Waals surface area contributed by atoms with Crippen LogP contribution in [0.25, 0.3) is 5.69 Å². The van der Waals surface area contributed by atoms with Gasteiger partial charge in [0.15, 0.2) is 5.11 Å². The van der Waals surface area contributed by atoms with E-state index in [1.807, 2.05) is 12.3 Å². The molecule has 33 heavy (non-hydrogen) atoms. The first-order valence-corrected chi connectivity index (χ1v) is 12.6. The summed E-state index contributed by atoms with van der Waals surface area (Å²) in [7, 11) is 0. The molecule has 5 rings (SSSR count). The van der Waals surface area contributed by atoms with Crippen molar-refractivity contribution in [1.82, 2.24) is 19.8 Å². The van der Waals surface area contributed by atoms with Crippen molar-refractivity contribution in [2.45, 2.75) is 77.9 Å². The third kappa shape index (κ3) is 3.86. The van der Waals surface area contributed by atoms with Gasteiger partial charge in [0.05, 0.1) is 23.5 Å². The van der Waals surface area contributed by atoms with Crippen LogP contribution in [-0.4, -0.2) is 25.6 Å². The SMILES string of the molecule is Cc1cccc(C)c1-n1c(C)cc([C@H]2[C@H](c3ccccn3)NC(=S)N2C2CCCCC2)c1C. The lowest BCUT2D eigenvalue weighted by Crippen LogP contribution is -2.40. The van der Waals surface area contributed by atoms with Crippen molar-refractivity contribution in [3.05, 3.63) is 82.4 Å². The van der Waals surface area contributed by atoms with Crippen molar-refractivity contribution >= 4 is 17.3 Å². The summed E-state index contributed by atoms with van der Waals surface area (Å²) in [6.07, 6.45) is 8.21. The Hall–Kier alpha value is -2.66.